The van der Waals surface area contributed by atoms with Crippen LogP contribution in [0.2, 0.25) is 0 Å². The number of aromatic nitrogens is 3. The van der Waals surface area contributed by atoms with Gasteiger partial charge in [-0.1, -0.05) is 98.0 Å². The summed E-state index contributed by atoms with van der Waals surface area (Å²) in [7, 11) is -3.00. The Kier molecular flexibility index (Phi) is 9.01. The van der Waals surface area contributed by atoms with Crippen molar-refractivity contribution in [3.63, 3.8) is 0 Å². The molecule has 0 aliphatic carbocycles. The molecule has 4 aromatic carbocycles. The van der Waals surface area contributed by atoms with Crippen LogP contribution in [0.4, 0.5) is 4.39 Å². The molecule has 0 N–H and O–H groups in total. The van der Waals surface area contributed by atoms with Gasteiger partial charge in [-0.05, 0) is 65.9 Å². The van der Waals surface area contributed by atoms with Crippen molar-refractivity contribution in [2.45, 2.75) is 19.5 Å². The van der Waals surface area contributed by atoms with E-state index in [4.69, 9.17) is 15.0 Å². The summed E-state index contributed by atoms with van der Waals surface area (Å²) in [5.74, 6) is 1.13. The van der Waals surface area contributed by atoms with Crippen molar-refractivity contribution in [2.75, 3.05) is 0 Å². The first-order valence-corrected chi connectivity index (χ1v) is 16.1. The second kappa shape index (κ2) is 12.8. The molecule has 2 unspecified atom stereocenters. The quantitative estimate of drug-likeness (QED) is 0.0945. The van der Waals surface area contributed by atoms with Gasteiger partial charge in [-0.3, -0.25) is 0 Å². The first kappa shape index (κ1) is 28.8. The second-order valence-corrected chi connectivity index (χ2v) is 13.9. The first-order valence-electron chi connectivity index (χ1n) is 13.2. The van der Waals surface area contributed by atoms with Gasteiger partial charge in [-0.15, -0.1) is 0 Å². The van der Waals surface area contributed by atoms with Crippen molar-refractivity contribution in [1.82, 2.24) is 15.0 Å². The van der Waals surface area contributed by atoms with E-state index in [1.165, 1.54) is 12.1 Å². The van der Waals surface area contributed by atoms with Crippen LogP contribution in [0.25, 0.3) is 34.2 Å². The van der Waals surface area contributed by atoms with E-state index in [0.717, 1.165) is 25.3 Å². The lowest BCUT2D eigenvalue weighted by Gasteiger charge is -2.24. The van der Waals surface area contributed by atoms with Gasteiger partial charge in [-0.2, -0.15) is 0 Å². The Labute approximate surface area is 253 Å². The number of hydrogen-bond acceptors (Lipinski definition) is 4. The molecule has 0 saturated carbocycles. The van der Waals surface area contributed by atoms with Crippen LogP contribution in [0.3, 0.4) is 0 Å². The van der Waals surface area contributed by atoms with Crippen molar-refractivity contribution < 1.29 is 8.96 Å². The number of benzene rings is 4. The Morgan fingerprint density at radius 3 is 1.85 bits per heavy atom. The molecule has 0 saturated heterocycles. The van der Waals surface area contributed by atoms with Gasteiger partial charge in [-0.25, -0.2) is 19.3 Å². The maximum atomic E-state index is 14.7. The van der Waals surface area contributed by atoms with Gasteiger partial charge in [0.25, 0.3) is 0 Å². The lowest BCUT2D eigenvalue weighted by atomic mass is 10.1. The minimum atomic E-state index is -3.00. The molecule has 4 nitrogen and oxygen atoms in total. The van der Waals surface area contributed by atoms with Crippen LogP contribution in [0, 0.1) is 9.39 Å². The molecule has 7 heteroatoms. The smallest absolute Gasteiger partial charge is 0.164 e. The molecule has 5 rings (SSSR count). The molecule has 204 valence electrons. The summed E-state index contributed by atoms with van der Waals surface area (Å²) in [4.78, 5) is 14.3. The summed E-state index contributed by atoms with van der Waals surface area (Å²) < 4.78 is 29.5. The number of allylic oxidation sites excluding steroid dienone is 4. The van der Waals surface area contributed by atoms with E-state index in [2.05, 4.69) is 22.6 Å². The Morgan fingerprint density at radius 2 is 1.27 bits per heavy atom. The fourth-order valence-corrected chi connectivity index (χ4v) is 7.88. The molecule has 0 bridgehead atoms. The third kappa shape index (κ3) is 6.45. The molecule has 0 radical (unpaired) electrons. The largest absolute Gasteiger partial charge is 0.313 e. The SMILES string of the molecule is C/C=C\C=C/C(C)P(=O)(c1ccccc1)c1ccc(-c2nc(-c3ccc(F)cc3)nc(-c3cccc(I)c3)n2)cc1. The van der Waals surface area contributed by atoms with Crippen LogP contribution in [-0.2, 0) is 4.57 Å². The monoisotopic (exact) mass is 671 g/mol. The van der Waals surface area contributed by atoms with E-state index in [0.29, 0.717) is 23.0 Å². The van der Waals surface area contributed by atoms with Crippen LogP contribution >= 0.6 is 29.7 Å². The fourth-order valence-electron chi connectivity index (χ4n) is 4.55. The molecule has 2 atom stereocenters. The predicted octanol–water partition coefficient (Wildman–Crippen LogP) is 8.45. The normalized spacial score (nSPS) is 13.9. The molecule has 0 amide bonds. The number of hydrogen-bond donors (Lipinski definition) is 0. The summed E-state index contributed by atoms with van der Waals surface area (Å²) in [6, 6.07) is 31.3. The van der Waals surface area contributed by atoms with E-state index in [9.17, 15) is 8.96 Å². The van der Waals surface area contributed by atoms with Crippen molar-refractivity contribution in [3.8, 4) is 34.2 Å². The fraction of sp³-hybridized carbons (Fsp3) is 0.0882. The van der Waals surface area contributed by atoms with Gasteiger partial charge in [0.05, 0.1) is 0 Å². The number of nitrogens with zero attached hydrogens (tertiary/aromatic N) is 3. The van der Waals surface area contributed by atoms with Crippen LogP contribution < -0.4 is 10.6 Å². The summed E-state index contributed by atoms with van der Waals surface area (Å²) in [6.07, 6.45) is 7.84. The highest BCUT2D eigenvalue weighted by atomic mass is 127. The topological polar surface area (TPSA) is 55.7 Å². The van der Waals surface area contributed by atoms with Gasteiger partial charge in [0.15, 0.2) is 17.5 Å². The summed E-state index contributed by atoms with van der Waals surface area (Å²) in [6.45, 7) is 3.95. The van der Waals surface area contributed by atoms with Crippen LogP contribution in [-0.4, -0.2) is 20.6 Å². The second-order valence-electron chi connectivity index (χ2n) is 9.52. The average molecular weight is 671 g/mol. The van der Waals surface area contributed by atoms with Crippen LogP contribution in [0.5, 0.6) is 0 Å². The van der Waals surface area contributed by atoms with Crippen molar-refractivity contribution in [1.29, 1.82) is 0 Å². The van der Waals surface area contributed by atoms with Gasteiger partial charge >= 0.3 is 0 Å². The third-order valence-electron chi connectivity index (χ3n) is 6.74. The molecule has 0 aliphatic rings. The van der Waals surface area contributed by atoms with Gasteiger partial charge in [0.1, 0.15) is 13.0 Å². The molecular weight excluding hydrogens is 643 g/mol. The summed E-state index contributed by atoms with van der Waals surface area (Å²) in [5.41, 5.74) is 2.11. The lowest BCUT2D eigenvalue weighted by molar-refractivity contribution is 0.584. The first-order chi connectivity index (χ1) is 19.9. The van der Waals surface area contributed by atoms with Gasteiger partial charge in [0, 0.05) is 36.5 Å². The van der Waals surface area contributed by atoms with E-state index in [-0.39, 0.29) is 11.5 Å². The zero-order chi connectivity index (χ0) is 28.8. The third-order valence-corrected chi connectivity index (χ3v) is 10.9. The molecule has 0 spiro atoms. The van der Waals surface area contributed by atoms with E-state index in [1.54, 1.807) is 12.1 Å². The van der Waals surface area contributed by atoms with E-state index >= 15 is 0 Å². The Morgan fingerprint density at radius 1 is 0.707 bits per heavy atom. The highest BCUT2D eigenvalue weighted by molar-refractivity contribution is 14.1. The standard InChI is InChI=1S/C34H28FIN3OP/c1-3-4-6-10-24(2)41(40,30-13-7-5-8-14-30)31-21-17-26(18-22-31)33-37-32(25-15-19-28(35)20-16-25)38-34(39-33)27-11-9-12-29(36)23-27/h3-24H,1-2H3/b4-3-,10-6-. The molecule has 41 heavy (non-hydrogen) atoms. The Balaban J connectivity index is 1.60. The van der Waals surface area contributed by atoms with E-state index < -0.39 is 7.14 Å². The lowest BCUT2D eigenvalue weighted by Crippen LogP contribution is -2.23. The Hall–Kier alpha value is -3.74. The average Bonchev–Trinajstić information content (AvgIpc) is 3.01. The minimum Gasteiger partial charge on any atom is -0.313 e. The van der Waals surface area contributed by atoms with Crippen molar-refractivity contribution in [2.24, 2.45) is 0 Å². The maximum absolute atomic E-state index is 14.7. The number of rotatable bonds is 8. The molecule has 0 aliphatic heterocycles. The molecular formula is C34H28FIN3OP. The van der Waals surface area contributed by atoms with Crippen LogP contribution in [0.1, 0.15) is 13.8 Å². The molecule has 1 aromatic heterocycles. The molecule has 5 aromatic rings. The zero-order valence-corrected chi connectivity index (χ0v) is 25.7. The predicted molar refractivity (Wildman–Crippen MR) is 176 cm³/mol. The van der Waals surface area contributed by atoms with Gasteiger partial charge in [0.2, 0.25) is 0 Å². The Bertz CT molecular complexity index is 1750. The van der Waals surface area contributed by atoms with Crippen molar-refractivity contribution >= 4 is 40.3 Å². The zero-order valence-electron chi connectivity index (χ0n) is 22.7. The number of halogens is 2. The molecule has 1 heterocycles. The van der Waals surface area contributed by atoms with E-state index in [1.807, 2.05) is 117 Å². The maximum Gasteiger partial charge on any atom is 0.164 e. The molecule has 0 fully saturated rings. The minimum absolute atomic E-state index is 0.207. The summed E-state index contributed by atoms with van der Waals surface area (Å²) in [5, 5.41) is 1.57. The van der Waals surface area contributed by atoms with Crippen molar-refractivity contribution in [3.05, 3.63) is 137 Å². The highest BCUT2D eigenvalue weighted by Gasteiger charge is 2.32. The van der Waals surface area contributed by atoms with Gasteiger partial charge < -0.3 is 4.57 Å². The highest BCUT2D eigenvalue weighted by Crippen LogP contribution is 2.49. The van der Waals surface area contributed by atoms with Crippen LogP contribution in [0.15, 0.2) is 127 Å². The summed E-state index contributed by atoms with van der Waals surface area (Å²) >= 11 is 2.26.